The van der Waals surface area contributed by atoms with Gasteiger partial charge in [-0.3, -0.25) is 4.79 Å². The van der Waals surface area contributed by atoms with Crippen LogP contribution in [0.5, 0.6) is 5.75 Å². The molecule has 1 N–H and O–H groups in total. The Balaban J connectivity index is 1.45. The van der Waals surface area contributed by atoms with Crippen LogP contribution < -0.4 is 10.1 Å². The number of hydrogen-bond acceptors (Lipinski definition) is 4. The lowest BCUT2D eigenvalue weighted by atomic mass is 10.2. The topological polar surface area (TPSA) is 75.7 Å². The largest absolute Gasteiger partial charge is 0.489 e. The lowest BCUT2D eigenvalue weighted by Gasteiger charge is -2.22. The standard InChI is InChI=1S/C28H24BrClN2O4S/c29-23-8-16-27(17-9-23)37(34,35)32(18-21-6-10-24(30)11-7-21)19-28(33)31-25-12-14-26(15-13-25)36-20-22-4-2-1-3-5-22/h1-17H,18-20H2,(H,31,33). The molecule has 4 aromatic carbocycles. The van der Waals surface area contributed by atoms with E-state index in [1.165, 1.54) is 12.1 Å². The van der Waals surface area contributed by atoms with Gasteiger partial charge in [0.05, 0.1) is 11.4 Å². The highest BCUT2D eigenvalue weighted by Gasteiger charge is 2.27. The Kier molecular flexibility index (Phi) is 9.00. The SMILES string of the molecule is O=C(CN(Cc1ccc(Cl)cc1)S(=O)(=O)c1ccc(Br)cc1)Nc1ccc(OCc2ccccc2)cc1. The summed E-state index contributed by atoms with van der Waals surface area (Å²) in [7, 11) is -3.96. The Bertz CT molecular complexity index is 1430. The predicted molar refractivity (Wildman–Crippen MR) is 149 cm³/mol. The summed E-state index contributed by atoms with van der Waals surface area (Å²) in [6.45, 7) is 0.0721. The number of halogens is 2. The van der Waals surface area contributed by atoms with Gasteiger partial charge in [0.25, 0.3) is 0 Å². The quantitative estimate of drug-likeness (QED) is 0.225. The van der Waals surface area contributed by atoms with Crippen LogP contribution in [0, 0.1) is 0 Å². The van der Waals surface area contributed by atoms with Crippen molar-refractivity contribution in [3.63, 3.8) is 0 Å². The average Bonchev–Trinajstić information content (AvgIpc) is 2.90. The molecule has 0 fully saturated rings. The van der Waals surface area contributed by atoms with Crippen LogP contribution in [-0.4, -0.2) is 25.2 Å². The van der Waals surface area contributed by atoms with Crippen LogP contribution >= 0.6 is 27.5 Å². The first kappa shape index (κ1) is 26.9. The van der Waals surface area contributed by atoms with Crippen molar-refractivity contribution in [1.29, 1.82) is 0 Å². The molecule has 0 aliphatic carbocycles. The van der Waals surface area contributed by atoms with Gasteiger partial charge >= 0.3 is 0 Å². The van der Waals surface area contributed by atoms with Crippen molar-refractivity contribution in [1.82, 2.24) is 4.31 Å². The summed E-state index contributed by atoms with van der Waals surface area (Å²) in [5.74, 6) is 0.191. The number of rotatable bonds is 10. The molecule has 6 nitrogen and oxygen atoms in total. The number of nitrogens with one attached hydrogen (secondary N) is 1. The second-order valence-corrected chi connectivity index (χ2v) is 11.5. The van der Waals surface area contributed by atoms with E-state index in [0.29, 0.717) is 28.6 Å². The van der Waals surface area contributed by atoms with E-state index in [9.17, 15) is 13.2 Å². The van der Waals surface area contributed by atoms with Crippen LogP contribution in [0.15, 0.2) is 112 Å². The fourth-order valence-electron chi connectivity index (χ4n) is 3.51. The zero-order valence-electron chi connectivity index (χ0n) is 19.7. The van der Waals surface area contributed by atoms with E-state index in [1.807, 2.05) is 30.3 Å². The first-order valence-corrected chi connectivity index (χ1v) is 14.0. The summed E-state index contributed by atoms with van der Waals surface area (Å²) in [5, 5.41) is 3.31. The molecule has 37 heavy (non-hydrogen) atoms. The van der Waals surface area contributed by atoms with Crippen molar-refractivity contribution in [3.8, 4) is 5.75 Å². The summed E-state index contributed by atoms with van der Waals surface area (Å²) in [4.78, 5) is 13.0. The van der Waals surface area contributed by atoms with Gasteiger partial charge < -0.3 is 10.1 Å². The maximum Gasteiger partial charge on any atom is 0.243 e. The zero-order valence-corrected chi connectivity index (χ0v) is 22.8. The molecule has 0 saturated heterocycles. The number of carbonyl (C=O) groups is 1. The zero-order chi connectivity index (χ0) is 26.3. The minimum absolute atomic E-state index is 0.00918. The molecule has 0 saturated carbocycles. The number of sulfonamides is 1. The van der Waals surface area contributed by atoms with E-state index >= 15 is 0 Å². The summed E-state index contributed by atoms with van der Waals surface area (Å²) >= 11 is 9.30. The van der Waals surface area contributed by atoms with E-state index in [1.54, 1.807) is 60.7 Å². The Morgan fingerprint density at radius 2 is 1.49 bits per heavy atom. The molecule has 1 amide bonds. The van der Waals surface area contributed by atoms with Crippen LogP contribution in [0.2, 0.25) is 5.02 Å². The number of amides is 1. The first-order chi connectivity index (χ1) is 17.8. The number of anilines is 1. The van der Waals surface area contributed by atoms with E-state index < -0.39 is 15.9 Å². The van der Waals surface area contributed by atoms with Crippen LogP contribution in [0.4, 0.5) is 5.69 Å². The van der Waals surface area contributed by atoms with Gasteiger partial charge in [-0.2, -0.15) is 4.31 Å². The molecule has 9 heteroatoms. The summed E-state index contributed by atoms with van der Waals surface area (Å²) in [6.07, 6.45) is 0. The Morgan fingerprint density at radius 3 is 2.14 bits per heavy atom. The maximum absolute atomic E-state index is 13.4. The molecule has 0 heterocycles. The van der Waals surface area contributed by atoms with Crippen LogP contribution in [-0.2, 0) is 28.0 Å². The average molecular weight is 600 g/mol. The van der Waals surface area contributed by atoms with Gasteiger partial charge in [-0.05, 0) is 71.8 Å². The normalized spacial score (nSPS) is 11.3. The highest BCUT2D eigenvalue weighted by Crippen LogP contribution is 2.22. The molecular formula is C28H24BrClN2O4S. The van der Waals surface area contributed by atoms with E-state index in [2.05, 4.69) is 21.2 Å². The first-order valence-electron chi connectivity index (χ1n) is 11.4. The van der Waals surface area contributed by atoms with Crippen LogP contribution in [0.25, 0.3) is 0 Å². The highest BCUT2D eigenvalue weighted by molar-refractivity contribution is 9.10. The summed E-state index contributed by atoms with van der Waals surface area (Å²) in [5.41, 5.74) is 2.29. The molecule has 0 atom stereocenters. The molecule has 0 aliphatic rings. The second-order valence-electron chi connectivity index (χ2n) is 8.20. The Hall–Kier alpha value is -3.17. The smallest absolute Gasteiger partial charge is 0.243 e. The van der Waals surface area contributed by atoms with Crippen molar-refractivity contribution in [3.05, 3.63) is 124 Å². The maximum atomic E-state index is 13.4. The third-order valence-corrected chi connectivity index (χ3v) is 8.02. The Morgan fingerprint density at radius 1 is 0.838 bits per heavy atom. The summed E-state index contributed by atoms with van der Waals surface area (Å²) < 4.78 is 34.5. The van der Waals surface area contributed by atoms with Gasteiger partial charge in [-0.25, -0.2) is 8.42 Å². The van der Waals surface area contributed by atoms with Crippen LogP contribution in [0.1, 0.15) is 11.1 Å². The molecular weight excluding hydrogens is 576 g/mol. The van der Waals surface area contributed by atoms with Gasteiger partial charge in [0, 0.05) is 21.7 Å². The molecule has 190 valence electrons. The lowest BCUT2D eigenvalue weighted by Crippen LogP contribution is -2.37. The van der Waals surface area contributed by atoms with Crippen LogP contribution in [0.3, 0.4) is 0 Å². The fourth-order valence-corrected chi connectivity index (χ4v) is 5.29. The minimum atomic E-state index is -3.96. The van der Waals surface area contributed by atoms with E-state index in [-0.39, 0.29) is 18.0 Å². The number of carbonyl (C=O) groups excluding carboxylic acids is 1. The molecule has 4 aromatic rings. The van der Waals surface area contributed by atoms with Gasteiger partial charge in [-0.1, -0.05) is 70.0 Å². The number of nitrogens with zero attached hydrogens (tertiary/aromatic N) is 1. The number of ether oxygens (including phenoxy) is 1. The molecule has 0 radical (unpaired) electrons. The molecule has 0 bridgehead atoms. The van der Waals surface area contributed by atoms with Crippen molar-refractivity contribution in [2.75, 3.05) is 11.9 Å². The number of hydrogen-bond donors (Lipinski definition) is 1. The predicted octanol–water partition coefficient (Wildman–Crippen LogP) is 6.51. The van der Waals surface area contributed by atoms with Crippen molar-refractivity contribution < 1.29 is 17.9 Å². The fraction of sp³-hybridized carbons (Fsp3) is 0.107. The van der Waals surface area contributed by atoms with Gasteiger partial charge in [0.1, 0.15) is 12.4 Å². The lowest BCUT2D eigenvalue weighted by molar-refractivity contribution is -0.116. The van der Waals surface area contributed by atoms with E-state index in [0.717, 1.165) is 14.3 Å². The number of benzene rings is 4. The molecule has 0 aliphatic heterocycles. The van der Waals surface area contributed by atoms with Crippen molar-refractivity contribution >= 4 is 49.1 Å². The monoisotopic (exact) mass is 598 g/mol. The highest BCUT2D eigenvalue weighted by atomic mass is 79.9. The van der Waals surface area contributed by atoms with Crippen molar-refractivity contribution in [2.24, 2.45) is 0 Å². The van der Waals surface area contributed by atoms with Gasteiger partial charge in [-0.15, -0.1) is 0 Å². The van der Waals surface area contributed by atoms with E-state index in [4.69, 9.17) is 16.3 Å². The Labute approximate surface area is 230 Å². The molecule has 4 rings (SSSR count). The third-order valence-electron chi connectivity index (χ3n) is 5.43. The minimum Gasteiger partial charge on any atom is -0.489 e. The molecule has 0 aromatic heterocycles. The molecule has 0 spiro atoms. The van der Waals surface area contributed by atoms with Gasteiger partial charge in [0.15, 0.2) is 0 Å². The molecule has 0 unspecified atom stereocenters. The third kappa shape index (κ3) is 7.66. The van der Waals surface area contributed by atoms with Crippen molar-refractivity contribution in [2.45, 2.75) is 18.0 Å². The summed E-state index contributed by atoms with van der Waals surface area (Å²) in [6, 6.07) is 29.9. The second kappa shape index (κ2) is 12.4. The van der Waals surface area contributed by atoms with Gasteiger partial charge in [0.2, 0.25) is 15.9 Å².